The summed E-state index contributed by atoms with van der Waals surface area (Å²) in [5.74, 6) is 0.274. The highest BCUT2D eigenvalue weighted by atomic mass is 35.5. The van der Waals surface area contributed by atoms with Crippen molar-refractivity contribution in [1.82, 2.24) is 15.0 Å². The standard InChI is InChI=1S/C15H12Cl2N4OS2/c1-7-8(2)24-15-12(7)14(19-6-20-15)23-5-11(22)21-13-10(17)3-9(16)4-18-13/h3-4,6H,5H2,1-2H3,(H,18,21,22). The molecule has 0 bridgehead atoms. The van der Waals surface area contributed by atoms with Gasteiger partial charge < -0.3 is 5.32 Å². The quantitative estimate of drug-likeness (QED) is 0.507. The maximum absolute atomic E-state index is 12.1. The lowest BCUT2D eigenvalue weighted by atomic mass is 10.2. The lowest BCUT2D eigenvalue weighted by Crippen LogP contribution is -2.15. The number of fused-ring (bicyclic) bond motifs is 1. The SMILES string of the molecule is Cc1sc2ncnc(SCC(=O)Nc3ncc(Cl)cc3Cl)c2c1C. The van der Waals surface area contributed by atoms with Crippen LogP contribution in [0.4, 0.5) is 5.82 Å². The Hall–Kier alpha value is -1.41. The highest BCUT2D eigenvalue weighted by Gasteiger charge is 2.14. The van der Waals surface area contributed by atoms with E-state index in [9.17, 15) is 4.79 Å². The molecule has 0 spiro atoms. The van der Waals surface area contributed by atoms with Crippen molar-refractivity contribution in [3.8, 4) is 0 Å². The number of thioether (sulfide) groups is 1. The molecule has 0 saturated heterocycles. The lowest BCUT2D eigenvalue weighted by Gasteiger charge is -2.07. The Bertz CT molecular complexity index is 929. The molecule has 0 atom stereocenters. The fourth-order valence-electron chi connectivity index (χ4n) is 2.07. The van der Waals surface area contributed by atoms with Gasteiger partial charge in [-0.3, -0.25) is 4.79 Å². The number of carbonyl (C=O) groups is 1. The van der Waals surface area contributed by atoms with E-state index in [1.54, 1.807) is 11.3 Å². The largest absolute Gasteiger partial charge is 0.309 e. The first-order chi connectivity index (χ1) is 11.5. The molecule has 0 saturated carbocycles. The number of halogens is 2. The minimum Gasteiger partial charge on any atom is -0.309 e. The van der Waals surface area contributed by atoms with Crippen LogP contribution in [0.15, 0.2) is 23.6 Å². The summed E-state index contributed by atoms with van der Waals surface area (Å²) < 4.78 is 0. The van der Waals surface area contributed by atoms with Gasteiger partial charge in [0.05, 0.1) is 15.8 Å². The van der Waals surface area contributed by atoms with Gasteiger partial charge in [-0.05, 0) is 25.5 Å². The number of pyridine rings is 1. The van der Waals surface area contributed by atoms with Crippen LogP contribution in [0, 0.1) is 13.8 Å². The number of aryl methyl sites for hydroxylation is 2. The Morgan fingerprint density at radius 2 is 2.08 bits per heavy atom. The van der Waals surface area contributed by atoms with Crippen LogP contribution in [-0.4, -0.2) is 26.6 Å². The van der Waals surface area contributed by atoms with Crippen molar-refractivity contribution in [2.45, 2.75) is 18.9 Å². The minimum absolute atomic E-state index is 0.196. The van der Waals surface area contributed by atoms with Gasteiger partial charge in [0, 0.05) is 16.5 Å². The summed E-state index contributed by atoms with van der Waals surface area (Å²) in [5, 5.41) is 5.20. The fraction of sp³-hybridized carbons (Fsp3) is 0.200. The number of nitrogens with zero attached hydrogens (tertiary/aromatic N) is 3. The maximum Gasteiger partial charge on any atom is 0.235 e. The molecule has 3 aromatic heterocycles. The zero-order chi connectivity index (χ0) is 17.3. The van der Waals surface area contributed by atoms with Gasteiger partial charge in [-0.15, -0.1) is 11.3 Å². The second-order valence-corrected chi connectivity index (χ2v) is 7.97. The van der Waals surface area contributed by atoms with Crippen molar-refractivity contribution in [3.05, 3.63) is 39.1 Å². The van der Waals surface area contributed by atoms with Crippen LogP contribution in [0.2, 0.25) is 10.0 Å². The number of anilines is 1. The van der Waals surface area contributed by atoms with Gasteiger partial charge in [-0.25, -0.2) is 15.0 Å². The molecule has 124 valence electrons. The molecule has 1 amide bonds. The van der Waals surface area contributed by atoms with Gasteiger partial charge >= 0.3 is 0 Å². The molecule has 3 heterocycles. The van der Waals surface area contributed by atoms with Gasteiger partial charge in [-0.1, -0.05) is 35.0 Å². The van der Waals surface area contributed by atoms with E-state index in [0.717, 1.165) is 20.8 Å². The summed E-state index contributed by atoms with van der Waals surface area (Å²) >= 11 is 14.8. The number of aromatic nitrogens is 3. The predicted octanol–water partition coefficient (Wildman–Crippen LogP) is 4.74. The van der Waals surface area contributed by atoms with Crippen molar-refractivity contribution in [3.63, 3.8) is 0 Å². The molecule has 1 N–H and O–H groups in total. The molecule has 0 radical (unpaired) electrons. The van der Waals surface area contributed by atoms with Crippen molar-refractivity contribution >= 4 is 68.2 Å². The second kappa shape index (κ2) is 7.23. The zero-order valence-corrected chi connectivity index (χ0v) is 15.9. The Balaban J connectivity index is 1.73. The van der Waals surface area contributed by atoms with Crippen molar-refractivity contribution in [2.24, 2.45) is 0 Å². The highest BCUT2D eigenvalue weighted by Crippen LogP contribution is 2.34. The van der Waals surface area contributed by atoms with Gasteiger partial charge in [0.15, 0.2) is 5.82 Å². The van der Waals surface area contributed by atoms with Gasteiger partial charge in [0.25, 0.3) is 0 Å². The fourth-order valence-corrected chi connectivity index (χ4v) is 4.41. The molecule has 5 nitrogen and oxygen atoms in total. The number of hydrogen-bond donors (Lipinski definition) is 1. The predicted molar refractivity (Wildman–Crippen MR) is 100 cm³/mol. The van der Waals surface area contributed by atoms with Crippen LogP contribution >= 0.6 is 46.3 Å². The monoisotopic (exact) mass is 398 g/mol. The van der Waals surface area contributed by atoms with E-state index in [2.05, 4.69) is 27.2 Å². The van der Waals surface area contributed by atoms with Crippen LogP contribution in [0.3, 0.4) is 0 Å². The summed E-state index contributed by atoms with van der Waals surface area (Å²) in [6, 6.07) is 1.53. The summed E-state index contributed by atoms with van der Waals surface area (Å²) in [5.41, 5.74) is 1.15. The smallest absolute Gasteiger partial charge is 0.235 e. The van der Waals surface area contributed by atoms with E-state index in [1.165, 1.54) is 35.2 Å². The van der Waals surface area contributed by atoms with Crippen LogP contribution in [-0.2, 0) is 4.79 Å². The number of carbonyl (C=O) groups excluding carboxylic acids is 1. The number of amides is 1. The number of thiophene rings is 1. The molecule has 9 heteroatoms. The average molecular weight is 399 g/mol. The van der Waals surface area contributed by atoms with Crippen LogP contribution in [0.5, 0.6) is 0 Å². The van der Waals surface area contributed by atoms with Crippen molar-refractivity contribution < 1.29 is 4.79 Å². The van der Waals surface area contributed by atoms with E-state index < -0.39 is 0 Å². The Labute approximate surface area is 156 Å². The summed E-state index contributed by atoms with van der Waals surface area (Å²) in [4.78, 5) is 26.9. The third kappa shape index (κ3) is 3.64. The first-order valence-electron chi connectivity index (χ1n) is 6.90. The first-order valence-corrected chi connectivity index (χ1v) is 9.46. The molecule has 0 aliphatic heterocycles. The summed E-state index contributed by atoms with van der Waals surface area (Å²) in [6.07, 6.45) is 2.96. The minimum atomic E-state index is -0.215. The number of hydrogen-bond acceptors (Lipinski definition) is 6. The van der Waals surface area contributed by atoms with E-state index in [1.807, 2.05) is 6.92 Å². The number of rotatable bonds is 4. The van der Waals surface area contributed by atoms with E-state index >= 15 is 0 Å². The van der Waals surface area contributed by atoms with Gasteiger partial charge in [0.2, 0.25) is 5.91 Å². The molecule has 0 fully saturated rings. The molecule has 0 aliphatic rings. The summed E-state index contributed by atoms with van der Waals surface area (Å²) in [7, 11) is 0. The molecule has 3 aromatic rings. The molecule has 3 rings (SSSR count). The molecule has 0 unspecified atom stereocenters. The normalized spacial score (nSPS) is 11.0. The zero-order valence-electron chi connectivity index (χ0n) is 12.8. The molecular formula is C15H12Cl2N4OS2. The van der Waals surface area contributed by atoms with E-state index in [0.29, 0.717) is 15.9 Å². The van der Waals surface area contributed by atoms with Crippen LogP contribution in [0.25, 0.3) is 10.2 Å². The van der Waals surface area contributed by atoms with E-state index in [4.69, 9.17) is 23.2 Å². The first kappa shape index (κ1) is 17.4. The Kier molecular flexibility index (Phi) is 5.24. The number of nitrogens with one attached hydrogen (secondary N) is 1. The topological polar surface area (TPSA) is 67.8 Å². The Morgan fingerprint density at radius 1 is 1.29 bits per heavy atom. The van der Waals surface area contributed by atoms with Crippen molar-refractivity contribution in [1.29, 1.82) is 0 Å². The van der Waals surface area contributed by atoms with E-state index in [-0.39, 0.29) is 11.7 Å². The second-order valence-electron chi connectivity index (χ2n) is 4.96. The third-order valence-electron chi connectivity index (χ3n) is 3.34. The highest BCUT2D eigenvalue weighted by molar-refractivity contribution is 8.00. The maximum atomic E-state index is 12.1. The van der Waals surface area contributed by atoms with Gasteiger partial charge in [0.1, 0.15) is 16.2 Å². The summed E-state index contributed by atoms with van der Waals surface area (Å²) in [6.45, 7) is 4.09. The van der Waals surface area contributed by atoms with Gasteiger partial charge in [-0.2, -0.15) is 0 Å². The Morgan fingerprint density at radius 3 is 2.83 bits per heavy atom. The average Bonchev–Trinajstić information content (AvgIpc) is 2.83. The lowest BCUT2D eigenvalue weighted by molar-refractivity contribution is -0.113. The molecule has 0 aromatic carbocycles. The van der Waals surface area contributed by atoms with Crippen LogP contribution in [0.1, 0.15) is 10.4 Å². The molecular weight excluding hydrogens is 387 g/mol. The molecule has 0 aliphatic carbocycles. The van der Waals surface area contributed by atoms with Crippen molar-refractivity contribution in [2.75, 3.05) is 11.1 Å². The third-order valence-corrected chi connectivity index (χ3v) is 5.94. The van der Waals surface area contributed by atoms with Crippen LogP contribution < -0.4 is 5.32 Å². The molecule has 24 heavy (non-hydrogen) atoms.